The summed E-state index contributed by atoms with van der Waals surface area (Å²) in [4.78, 5) is 32.1. The molecule has 2 fully saturated rings. The highest BCUT2D eigenvalue weighted by atomic mass is 19.4. The van der Waals surface area contributed by atoms with E-state index in [4.69, 9.17) is 4.74 Å². The SMILES string of the molecule is N#C[C@@H]1CCCN1C(=O)N1CCOC[C@@H]1CNC(=O)c1ccc(-c2noc(C(F)(F)F)n2)cc1. The second kappa shape index (κ2) is 9.68. The summed E-state index contributed by atoms with van der Waals surface area (Å²) < 4.78 is 47.6. The van der Waals surface area contributed by atoms with Crippen LogP contribution in [0.2, 0.25) is 0 Å². The number of carbonyl (C=O) groups excluding carboxylic acids is 2. The Labute approximate surface area is 192 Å². The average molecular weight is 478 g/mol. The second-order valence-electron chi connectivity index (χ2n) is 7.89. The summed E-state index contributed by atoms with van der Waals surface area (Å²) in [5, 5.41) is 15.3. The van der Waals surface area contributed by atoms with Gasteiger partial charge < -0.3 is 24.4 Å². The van der Waals surface area contributed by atoms with Crippen LogP contribution in [0, 0.1) is 11.3 Å². The van der Waals surface area contributed by atoms with Crippen molar-refractivity contribution in [2.45, 2.75) is 31.1 Å². The maximum Gasteiger partial charge on any atom is 0.471 e. The molecule has 2 aliphatic rings. The van der Waals surface area contributed by atoms with Crippen LogP contribution in [0.3, 0.4) is 0 Å². The summed E-state index contributed by atoms with van der Waals surface area (Å²) >= 11 is 0. The molecule has 2 atom stereocenters. The summed E-state index contributed by atoms with van der Waals surface area (Å²) in [6.07, 6.45) is -3.33. The van der Waals surface area contributed by atoms with Crippen LogP contribution in [0.1, 0.15) is 29.1 Å². The molecule has 0 saturated carbocycles. The first kappa shape index (κ1) is 23.5. The van der Waals surface area contributed by atoms with Gasteiger partial charge in [-0.2, -0.15) is 23.4 Å². The van der Waals surface area contributed by atoms with Crippen LogP contribution in [0.15, 0.2) is 28.8 Å². The van der Waals surface area contributed by atoms with Crippen molar-refractivity contribution < 1.29 is 32.0 Å². The van der Waals surface area contributed by atoms with E-state index >= 15 is 0 Å². The molecule has 2 aliphatic heterocycles. The first-order chi connectivity index (χ1) is 16.3. The second-order valence-corrected chi connectivity index (χ2v) is 7.89. The molecule has 0 spiro atoms. The Morgan fingerprint density at radius 1 is 1.21 bits per heavy atom. The summed E-state index contributed by atoms with van der Waals surface area (Å²) in [5.41, 5.74) is 0.521. The molecular formula is C21H21F3N6O4. The Morgan fingerprint density at radius 3 is 2.65 bits per heavy atom. The van der Waals surface area contributed by atoms with Gasteiger partial charge in [-0.15, -0.1) is 0 Å². The molecule has 3 heterocycles. The highest BCUT2D eigenvalue weighted by molar-refractivity contribution is 5.94. The molecule has 13 heteroatoms. The van der Waals surface area contributed by atoms with E-state index < -0.39 is 30.1 Å². The van der Waals surface area contributed by atoms with Gasteiger partial charge in [0.25, 0.3) is 5.91 Å². The lowest BCUT2D eigenvalue weighted by molar-refractivity contribution is -0.159. The normalized spacial score (nSPS) is 20.8. The minimum absolute atomic E-state index is 0.136. The van der Waals surface area contributed by atoms with Gasteiger partial charge >= 0.3 is 18.1 Å². The number of halogens is 3. The molecule has 10 nitrogen and oxygen atoms in total. The molecular weight excluding hydrogens is 457 g/mol. The van der Waals surface area contributed by atoms with Crippen LogP contribution in [0.5, 0.6) is 0 Å². The molecule has 0 radical (unpaired) electrons. The molecule has 0 aliphatic carbocycles. The molecule has 0 unspecified atom stereocenters. The molecule has 1 N–H and O–H groups in total. The van der Waals surface area contributed by atoms with Gasteiger partial charge in [0.1, 0.15) is 6.04 Å². The Hall–Kier alpha value is -3.66. The number of alkyl halides is 3. The third-order valence-electron chi connectivity index (χ3n) is 5.69. The zero-order chi connectivity index (χ0) is 24.3. The highest BCUT2D eigenvalue weighted by Crippen LogP contribution is 2.29. The number of nitrogens with one attached hydrogen (secondary N) is 1. The number of hydrogen-bond acceptors (Lipinski definition) is 7. The van der Waals surface area contributed by atoms with E-state index in [1.54, 1.807) is 9.80 Å². The molecule has 2 saturated heterocycles. The van der Waals surface area contributed by atoms with Crippen molar-refractivity contribution in [1.82, 2.24) is 25.3 Å². The summed E-state index contributed by atoms with van der Waals surface area (Å²) in [5.74, 6) is -2.12. The molecule has 34 heavy (non-hydrogen) atoms. The van der Waals surface area contributed by atoms with Crippen LogP contribution in [-0.4, -0.2) is 76.8 Å². The van der Waals surface area contributed by atoms with Crippen molar-refractivity contribution >= 4 is 11.9 Å². The fourth-order valence-electron chi connectivity index (χ4n) is 3.91. The van der Waals surface area contributed by atoms with Gasteiger partial charge in [-0.25, -0.2) is 4.79 Å². The maximum absolute atomic E-state index is 13.0. The van der Waals surface area contributed by atoms with Crippen molar-refractivity contribution in [2.75, 3.05) is 32.8 Å². The van der Waals surface area contributed by atoms with Crippen LogP contribution >= 0.6 is 0 Å². The van der Waals surface area contributed by atoms with Gasteiger partial charge in [0, 0.05) is 30.8 Å². The van der Waals surface area contributed by atoms with E-state index in [-0.39, 0.29) is 36.1 Å². The number of morpholine rings is 1. The van der Waals surface area contributed by atoms with Crippen LogP contribution in [0.4, 0.5) is 18.0 Å². The first-order valence-electron chi connectivity index (χ1n) is 10.6. The number of aromatic nitrogens is 2. The lowest BCUT2D eigenvalue weighted by atomic mass is 10.1. The summed E-state index contributed by atoms with van der Waals surface area (Å²) in [7, 11) is 0. The third-order valence-corrected chi connectivity index (χ3v) is 5.69. The number of ether oxygens (including phenoxy) is 1. The van der Waals surface area contributed by atoms with E-state index in [2.05, 4.69) is 26.0 Å². The zero-order valence-electron chi connectivity index (χ0n) is 17.9. The lowest BCUT2D eigenvalue weighted by Crippen LogP contribution is -2.57. The number of hydrogen-bond donors (Lipinski definition) is 1. The van der Waals surface area contributed by atoms with E-state index in [9.17, 15) is 28.0 Å². The number of nitrogens with zero attached hydrogens (tertiary/aromatic N) is 5. The number of amides is 3. The predicted molar refractivity (Wildman–Crippen MR) is 109 cm³/mol. The highest BCUT2D eigenvalue weighted by Gasteiger charge is 2.39. The minimum Gasteiger partial charge on any atom is -0.377 e. The Balaban J connectivity index is 1.37. The standard InChI is InChI=1S/C21H21F3N6O4/c22-21(23,24)19-27-17(28-34-19)13-3-5-14(6-4-13)18(31)26-11-16-12-33-9-8-30(16)20(32)29-7-1-2-15(29)10-25/h3-6,15-16H,1-2,7-9,11-12H2,(H,26,31)/t15-,16-/m0/s1. The van der Waals surface area contributed by atoms with Crippen molar-refractivity contribution in [3.05, 3.63) is 35.7 Å². The fourth-order valence-corrected chi connectivity index (χ4v) is 3.91. The molecule has 180 valence electrons. The number of nitriles is 1. The fraction of sp³-hybridized carbons (Fsp3) is 0.476. The van der Waals surface area contributed by atoms with Gasteiger partial charge in [0.2, 0.25) is 5.82 Å². The van der Waals surface area contributed by atoms with Gasteiger partial charge in [-0.3, -0.25) is 4.79 Å². The molecule has 1 aromatic carbocycles. The third kappa shape index (κ3) is 4.96. The summed E-state index contributed by atoms with van der Waals surface area (Å²) in [6, 6.07) is 6.74. The van der Waals surface area contributed by atoms with Gasteiger partial charge in [-0.05, 0) is 25.0 Å². The van der Waals surface area contributed by atoms with Crippen LogP contribution < -0.4 is 5.32 Å². The first-order valence-corrected chi connectivity index (χ1v) is 10.6. The topological polar surface area (TPSA) is 125 Å². The van der Waals surface area contributed by atoms with Crippen LogP contribution in [0.25, 0.3) is 11.4 Å². The molecule has 1 aromatic heterocycles. The monoisotopic (exact) mass is 478 g/mol. The predicted octanol–water partition coefficient (Wildman–Crippen LogP) is 2.29. The molecule has 3 amide bonds. The zero-order valence-corrected chi connectivity index (χ0v) is 17.9. The number of benzene rings is 1. The number of rotatable bonds is 4. The number of likely N-dealkylation sites (tertiary alicyclic amines) is 1. The van der Waals surface area contributed by atoms with Crippen molar-refractivity contribution in [2.24, 2.45) is 0 Å². The average Bonchev–Trinajstić information content (AvgIpc) is 3.52. The Morgan fingerprint density at radius 2 is 1.97 bits per heavy atom. The van der Waals surface area contributed by atoms with E-state index in [1.807, 2.05) is 0 Å². The number of carbonyl (C=O) groups is 2. The molecule has 4 rings (SSSR count). The van der Waals surface area contributed by atoms with E-state index in [1.165, 1.54) is 24.3 Å². The largest absolute Gasteiger partial charge is 0.471 e. The van der Waals surface area contributed by atoms with Crippen molar-refractivity contribution in [1.29, 1.82) is 5.26 Å². The Kier molecular flexibility index (Phi) is 6.69. The van der Waals surface area contributed by atoms with Crippen molar-refractivity contribution in [3.8, 4) is 17.5 Å². The number of urea groups is 1. The van der Waals surface area contributed by atoms with Crippen LogP contribution in [-0.2, 0) is 10.9 Å². The van der Waals surface area contributed by atoms with Crippen molar-refractivity contribution in [3.63, 3.8) is 0 Å². The molecule has 2 aromatic rings. The minimum atomic E-state index is -4.74. The molecule has 0 bridgehead atoms. The van der Waals surface area contributed by atoms with Gasteiger partial charge in [0.15, 0.2) is 0 Å². The summed E-state index contributed by atoms with van der Waals surface area (Å²) in [6.45, 7) is 1.62. The van der Waals surface area contributed by atoms with Gasteiger partial charge in [0.05, 0.1) is 25.3 Å². The lowest BCUT2D eigenvalue weighted by Gasteiger charge is -2.38. The van der Waals surface area contributed by atoms with E-state index in [0.29, 0.717) is 26.1 Å². The Bertz CT molecular complexity index is 1080. The quantitative estimate of drug-likeness (QED) is 0.715. The smallest absolute Gasteiger partial charge is 0.377 e. The maximum atomic E-state index is 13.0. The van der Waals surface area contributed by atoms with E-state index in [0.717, 1.165) is 6.42 Å². The van der Waals surface area contributed by atoms with Gasteiger partial charge in [-0.1, -0.05) is 17.3 Å².